The largest absolute Gasteiger partial charge is 0.493 e. The molecule has 0 spiro atoms. The van der Waals surface area contributed by atoms with E-state index in [-0.39, 0.29) is 11.3 Å². The average Bonchev–Trinajstić information content (AvgIpc) is 2.74. The Balaban J connectivity index is 1.75. The third-order valence-corrected chi connectivity index (χ3v) is 5.26. The molecule has 1 aliphatic carbocycles. The van der Waals surface area contributed by atoms with Crippen molar-refractivity contribution < 1.29 is 14.3 Å². The standard InChI is InChI=1S/C22H24N2O3/c1-26-19-11-6-16(14-20(19)27-2)21(25)24-18-9-7-17(8-10-18)22(15-23)12-4-3-5-13-22/h6-11,14H,3-5,12-13H2,1-2H3,(H,24,25). The fourth-order valence-electron chi connectivity index (χ4n) is 3.67. The Kier molecular flexibility index (Phi) is 5.66. The van der Waals surface area contributed by atoms with Crippen LogP contribution in [0.2, 0.25) is 0 Å². The van der Waals surface area contributed by atoms with Gasteiger partial charge in [0.1, 0.15) is 0 Å². The number of rotatable bonds is 5. The summed E-state index contributed by atoms with van der Waals surface area (Å²) in [5, 5.41) is 12.6. The molecule has 1 fully saturated rings. The molecule has 0 saturated heterocycles. The lowest BCUT2D eigenvalue weighted by Gasteiger charge is -2.31. The molecule has 0 unspecified atom stereocenters. The van der Waals surface area contributed by atoms with Crippen LogP contribution in [0.15, 0.2) is 42.5 Å². The van der Waals surface area contributed by atoms with Gasteiger partial charge in [0.15, 0.2) is 11.5 Å². The topological polar surface area (TPSA) is 71.3 Å². The van der Waals surface area contributed by atoms with Gasteiger partial charge in [-0.25, -0.2) is 0 Å². The Morgan fingerprint density at radius 1 is 1.00 bits per heavy atom. The van der Waals surface area contributed by atoms with Crippen LogP contribution in [0.1, 0.15) is 48.0 Å². The van der Waals surface area contributed by atoms with Crippen molar-refractivity contribution in [1.29, 1.82) is 5.26 Å². The fraction of sp³-hybridized carbons (Fsp3) is 0.364. The minimum Gasteiger partial charge on any atom is -0.493 e. The number of carbonyl (C=O) groups excluding carboxylic acids is 1. The quantitative estimate of drug-likeness (QED) is 0.836. The highest BCUT2D eigenvalue weighted by atomic mass is 16.5. The number of ether oxygens (including phenoxy) is 2. The highest BCUT2D eigenvalue weighted by Gasteiger charge is 2.33. The summed E-state index contributed by atoms with van der Waals surface area (Å²) in [6.45, 7) is 0. The van der Waals surface area contributed by atoms with Crippen LogP contribution in [0.3, 0.4) is 0 Å². The molecule has 0 atom stereocenters. The van der Waals surface area contributed by atoms with E-state index in [2.05, 4.69) is 11.4 Å². The van der Waals surface area contributed by atoms with E-state index in [1.807, 2.05) is 24.3 Å². The predicted molar refractivity (Wildman–Crippen MR) is 104 cm³/mol. The first-order valence-electron chi connectivity index (χ1n) is 9.17. The van der Waals surface area contributed by atoms with Gasteiger partial charge in [0, 0.05) is 11.3 Å². The van der Waals surface area contributed by atoms with E-state index in [9.17, 15) is 10.1 Å². The molecule has 0 bridgehead atoms. The number of carbonyl (C=O) groups is 1. The van der Waals surface area contributed by atoms with E-state index in [1.165, 1.54) is 13.5 Å². The molecule has 0 aromatic heterocycles. The van der Waals surface area contributed by atoms with Crippen LogP contribution in [0, 0.1) is 11.3 Å². The molecule has 0 aliphatic heterocycles. The van der Waals surface area contributed by atoms with E-state index < -0.39 is 0 Å². The fourth-order valence-corrected chi connectivity index (χ4v) is 3.67. The normalized spacial score (nSPS) is 15.4. The molecule has 5 heteroatoms. The highest BCUT2D eigenvalue weighted by molar-refractivity contribution is 6.04. The van der Waals surface area contributed by atoms with Crippen LogP contribution in [0.25, 0.3) is 0 Å². The Morgan fingerprint density at radius 2 is 1.67 bits per heavy atom. The number of hydrogen-bond donors (Lipinski definition) is 1. The summed E-state index contributed by atoms with van der Waals surface area (Å²) < 4.78 is 10.4. The minimum absolute atomic E-state index is 0.226. The lowest BCUT2D eigenvalue weighted by atomic mass is 9.70. The monoisotopic (exact) mass is 364 g/mol. The van der Waals surface area contributed by atoms with E-state index in [0.29, 0.717) is 22.7 Å². The zero-order valence-electron chi connectivity index (χ0n) is 15.7. The van der Waals surface area contributed by atoms with Gasteiger partial charge in [-0.15, -0.1) is 0 Å². The van der Waals surface area contributed by atoms with Crippen molar-refractivity contribution in [1.82, 2.24) is 0 Å². The van der Waals surface area contributed by atoms with Crippen molar-refractivity contribution in [3.05, 3.63) is 53.6 Å². The number of nitriles is 1. The summed E-state index contributed by atoms with van der Waals surface area (Å²) in [6.07, 6.45) is 5.18. The summed E-state index contributed by atoms with van der Waals surface area (Å²) in [4.78, 5) is 12.5. The lowest BCUT2D eigenvalue weighted by molar-refractivity contribution is 0.102. The second kappa shape index (κ2) is 8.13. The second-order valence-corrected chi connectivity index (χ2v) is 6.86. The molecule has 0 heterocycles. The van der Waals surface area contributed by atoms with E-state index in [4.69, 9.17) is 9.47 Å². The maximum Gasteiger partial charge on any atom is 0.255 e. The lowest BCUT2D eigenvalue weighted by Crippen LogP contribution is -2.27. The minimum atomic E-state index is -0.385. The first kappa shape index (κ1) is 18.8. The third-order valence-electron chi connectivity index (χ3n) is 5.26. The van der Waals surface area contributed by atoms with Crippen molar-refractivity contribution in [3.63, 3.8) is 0 Å². The van der Waals surface area contributed by atoms with Crippen LogP contribution in [-0.2, 0) is 5.41 Å². The number of nitrogens with zero attached hydrogens (tertiary/aromatic N) is 1. The number of benzene rings is 2. The van der Waals surface area contributed by atoms with Crippen molar-refractivity contribution >= 4 is 11.6 Å². The van der Waals surface area contributed by atoms with Gasteiger partial charge < -0.3 is 14.8 Å². The number of hydrogen-bond acceptors (Lipinski definition) is 4. The van der Waals surface area contributed by atoms with Gasteiger partial charge >= 0.3 is 0 Å². The summed E-state index contributed by atoms with van der Waals surface area (Å²) in [5.41, 5.74) is 1.83. The number of methoxy groups -OCH3 is 2. The molecular weight excluding hydrogens is 340 g/mol. The molecule has 1 aliphatic rings. The maximum atomic E-state index is 12.5. The SMILES string of the molecule is COc1ccc(C(=O)Nc2ccc(C3(C#N)CCCCC3)cc2)cc1OC. The van der Waals surface area contributed by atoms with Crippen LogP contribution >= 0.6 is 0 Å². The first-order chi connectivity index (χ1) is 13.1. The van der Waals surface area contributed by atoms with Crippen LogP contribution in [0.4, 0.5) is 5.69 Å². The Bertz CT molecular complexity index is 847. The third kappa shape index (κ3) is 3.90. The summed E-state index contributed by atoms with van der Waals surface area (Å²) >= 11 is 0. The first-order valence-corrected chi connectivity index (χ1v) is 9.17. The Labute approximate surface area is 159 Å². The van der Waals surface area contributed by atoms with Crippen molar-refractivity contribution in [3.8, 4) is 17.6 Å². The van der Waals surface area contributed by atoms with E-state index >= 15 is 0 Å². The zero-order valence-corrected chi connectivity index (χ0v) is 15.7. The molecular formula is C22H24N2O3. The molecule has 140 valence electrons. The highest BCUT2D eigenvalue weighted by Crippen LogP contribution is 2.39. The van der Waals surface area contributed by atoms with Crippen molar-refractivity contribution in [2.75, 3.05) is 19.5 Å². The molecule has 1 amide bonds. The van der Waals surface area contributed by atoms with Gasteiger partial charge in [-0.3, -0.25) is 4.79 Å². The summed E-state index contributed by atoms with van der Waals surface area (Å²) in [5.74, 6) is 0.859. The summed E-state index contributed by atoms with van der Waals surface area (Å²) in [6, 6.07) is 15.2. The predicted octanol–water partition coefficient (Wildman–Crippen LogP) is 4.68. The Morgan fingerprint density at radius 3 is 2.26 bits per heavy atom. The smallest absolute Gasteiger partial charge is 0.255 e. The molecule has 2 aromatic carbocycles. The van der Waals surface area contributed by atoms with Crippen molar-refractivity contribution in [2.45, 2.75) is 37.5 Å². The van der Waals surface area contributed by atoms with Gasteiger partial charge in [-0.2, -0.15) is 5.26 Å². The average molecular weight is 364 g/mol. The molecule has 5 nitrogen and oxygen atoms in total. The van der Waals surface area contributed by atoms with Gasteiger partial charge in [0.05, 0.1) is 25.7 Å². The van der Waals surface area contributed by atoms with Crippen LogP contribution in [0.5, 0.6) is 11.5 Å². The van der Waals surface area contributed by atoms with E-state index in [1.54, 1.807) is 25.3 Å². The van der Waals surface area contributed by atoms with Gasteiger partial charge in [0.2, 0.25) is 0 Å². The number of amides is 1. The second-order valence-electron chi connectivity index (χ2n) is 6.86. The summed E-state index contributed by atoms with van der Waals surface area (Å²) in [7, 11) is 3.09. The van der Waals surface area contributed by atoms with Crippen molar-refractivity contribution in [2.24, 2.45) is 0 Å². The molecule has 3 rings (SSSR count). The van der Waals surface area contributed by atoms with Gasteiger partial charge in [0.25, 0.3) is 5.91 Å². The molecule has 2 aromatic rings. The molecule has 0 radical (unpaired) electrons. The van der Waals surface area contributed by atoms with Gasteiger partial charge in [-0.1, -0.05) is 31.4 Å². The molecule has 27 heavy (non-hydrogen) atoms. The maximum absolute atomic E-state index is 12.5. The van der Waals surface area contributed by atoms with E-state index in [0.717, 1.165) is 31.2 Å². The van der Waals surface area contributed by atoms with Crippen LogP contribution < -0.4 is 14.8 Å². The zero-order chi connectivity index (χ0) is 19.3. The molecule has 1 N–H and O–H groups in total. The van der Waals surface area contributed by atoms with Crippen LogP contribution in [-0.4, -0.2) is 20.1 Å². The number of nitrogens with one attached hydrogen (secondary N) is 1. The molecule has 1 saturated carbocycles. The number of anilines is 1. The van der Waals surface area contributed by atoms with Gasteiger partial charge in [-0.05, 0) is 48.7 Å². The Hall–Kier alpha value is -3.00.